The molecule has 2 fully saturated rings. The minimum absolute atomic E-state index is 0.148. The van der Waals surface area contributed by atoms with Crippen molar-refractivity contribution < 1.29 is 14.3 Å². The molecule has 5 heterocycles. The predicted octanol–water partition coefficient (Wildman–Crippen LogP) is 4.27. The molecule has 3 aromatic heterocycles. The number of rotatable bonds is 5. The summed E-state index contributed by atoms with van der Waals surface area (Å²) in [6.07, 6.45) is 6.57. The first kappa shape index (κ1) is 23.3. The van der Waals surface area contributed by atoms with Crippen molar-refractivity contribution in [1.82, 2.24) is 19.9 Å². The van der Waals surface area contributed by atoms with Crippen LogP contribution in [-0.4, -0.2) is 55.6 Å². The van der Waals surface area contributed by atoms with Gasteiger partial charge in [-0.1, -0.05) is 11.3 Å². The maximum Gasteiger partial charge on any atom is 0.410 e. The van der Waals surface area contributed by atoms with Crippen LogP contribution in [0.15, 0.2) is 30.6 Å². The number of primary amides is 1. The van der Waals surface area contributed by atoms with Crippen LogP contribution < -0.4 is 16.4 Å². The molecule has 1 unspecified atom stereocenters. The molecular formula is C24H29N7O3S. The Balaban J connectivity index is 1.35. The Morgan fingerprint density at radius 2 is 1.94 bits per heavy atom. The summed E-state index contributed by atoms with van der Waals surface area (Å²) in [5.74, 6) is 0.775. The van der Waals surface area contributed by atoms with Crippen molar-refractivity contribution in [3.8, 4) is 0 Å². The number of hydrogen-bond donors (Lipinski definition) is 3. The zero-order chi connectivity index (χ0) is 24.7. The van der Waals surface area contributed by atoms with Crippen molar-refractivity contribution >= 4 is 51.0 Å². The molecule has 10 nitrogen and oxygen atoms in total. The fourth-order valence-corrected chi connectivity index (χ4v) is 5.58. The first-order valence-corrected chi connectivity index (χ1v) is 12.5. The molecular weight excluding hydrogens is 466 g/mol. The lowest BCUT2D eigenvalue weighted by Crippen LogP contribution is -2.51. The fraction of sp³-hybridized carbons (Fsp3) is 0.458. The Labute approximate surface area is 207 Å². The first-order valence-electron chi connectivity index (χ1n) is 11.7. The van der Waals surface area contributed by atoms with Crippen LogP contribution in [0.1, 0.15) is 56.1 Å². The van der Waals surface area contributed by atoms with Crippen molar-refractivity contribution in [2.24, 2.45) is 5.73 Å². The number of piperidine rings is 1. The number of ether oxygens (including phenoxy) is 1. The maximum absolute atomic E-state index is 12.8. The van der Waals surface area contributed by atoms with Gasteiger partial charge < -0.3 is 26.0 Å². The molecule has 0 radical (unpaired) electrons. The number of carbonyl (C=O) groups is 2. The number of nitrogens with one attached hydrogen (secondary N) is 2. The number of anilines is 3. The van der Waals surface area contributed by atoms with E-state index in [9.17, 15) is 9.59 Å². The van der Waals surface area contributed by atoms with Gasteiger partial charge in [-0.3, -0.25) is 9.78 Å². The standard InChI is InChI=1S/C24H29N7O3S/c1-24(2,3)34-23(33)31-14-6-7-15(31)10-13(9-14)28-21-16-5-4-8-26-17(16)11-19(29-21)30-22-27-12-18(35-22)20(25)32/h4-5,8,11-15H,6-7,9-10H2,1-3H3,(H2,25,32)(H2,27,28,29,30)/t13?,14-,15+. The lowest BCUT2D eigenvalue weighted by Gasteiger charge is -2.39. The first-order chi connectivity index (χ1) is 16.7. The van der Waals surface area contributed by atoms with E-state index >= 15 is 0 Å². The molecule has 2 amide bonds. The third-order valence-corrected chi connectivity index (χ3v) is 7.19. The van der Waals surface area contributed by atoms with Crippen molar-refractivity contribution in [3.05, 3.63) is 35.5 Å². The van der Waals surface area contributed by atoms with E-state index in [-0.39, 0.29) is 24.2 Å². The number of nitrogens with zero attached hydrogens (tertiary/aromatic N) is 4. The Hall–Kier alpha value is -3.47. The molecule has 184 valence electrons. The van der Waals surface area contributed by atoms with E-state index in [0.29, 0.717) is 15.8 Å². The number of amides is 2. The molecule has 2 aliphatic rings. The Morgan fingerprint density at radius 3 is 2.60 bits per heavy atom. The van der Waals surface area contributed by atoms with Crippen LogP contribution in [0, 0.1) is 0 Å². The third kappa shape index (κ3) is 5.00. The monoisotopic (exact) mass is 495 g/mol. The van der Waals surface area contributed by atoms with Crippen LogP contribution in [0.3, 0.4) is 0 Å². The molecule has 0 spiro atoms. The molecule has 3 aromatic rings. The minimum atomic E-state index is -0.515. The van der Waals surface area contributed by atoms with Crippen molar-refractivity contribution in [3.63, 3.8) is 0 Å². The highest BCUT2D eigenvalue weighted by Gasteiger charge is 2.45. The van der Waals surface area contributed by atoms with Gasteiger partial charge in [0.2, 0.25) is 0 Å². The second-order valence-corrected chi connectivity index (χ2v) is 11.1. The van der Waals surface area contributed by atoms with E-state index in [1.807, 2.05) is 43.9 Å². The third-order valence-electron chi connectivity index (χ3n) is 6.26. The number of hydrogen-bond acceptors (Lipinski definition) is 9. The van der Waals surface area contributed by atoms with Gasteiger partial charge in [0.15, 0.2) is 5.13 Å². The van der Waals surface area contributed by atoms with Gasteiger partial charge in [0.1, 0.15) is 22.1 Å². The van der Waals surface area contributed by atoms with Gasteiger partial charge in [-0.15, -0.1) is 0 Å². The van der Waals surface area contributed by atoms with Gasteiger partial charge >= 0.3 is 6.09 Å². The zero-order valence-electron chi connectivity index (χ0n) is 19.9. The molecule has 4 N–H and O–H groups in total. The van der Waals surface area contributed by atoms with Gasteiger partial charge in [0.25, 0.3) is 5.91 Å². The summed E-state index contributed by atoms with van der Waals surface area (Å²) in [7, 11) is 0. The van der Waals surface area contributed by atoms with Crippen molar-refractivity contribution in [1.29, 1.82) is 0 Å². The smallest absolute Gasteiger partial charge is 0.410 e. The topological polar surface area (TPSA) is 135 Å². The van der Waals surface area contributed by atoms with E-state index in [2.05, 4.69) is 20.6 Å². The molecule has 35 heavy (non-hydrogen) atoms. The molecule has 0 saturated carbocycles. The Bertz CT molecular complexity index is 1260. The number of aromatic nitrogens is 3. The van der Waals surface area contributed by atoms with Crippen LogP contribution in [0.4, 0.5) is 21.6 Å². The molecule has 2 aliphatic heterocycles. The summed E-state index contributed by atoms with van der Waals surface area (Å²) in [5, 5.41) is 8.22. The number of nitrogens with two attached hydrogens (primary N) is 1. The van der Waals surface area contributed by atoms with Gasteiger partial charge in [0.05, 0.1) is 11.7 Å². The summed E-state index contributed by atoms with van der Waals surface area (Å²) in [6, 6.07) is 6.18. The number of fused-ring (bicyclic) bond motifs is 3. The molecule has 0 aliphatic carbocycles. The van der Waals surface area contributed by atoms with Gasteiger partial charge in [0, 0.05) is 35.8 Å². The van der Waals surface area contributed by atoms with Gasteiger partial charge in [-0.25, -0.2) is 14.8 Å². The van der Waals surface area contributed by atoms with E-state index in [1.54, 1.807) is 6.20 Å². The van der Waals surface area contributed by atoms with Crippen molar-refractivity contribution in [2.45, 2.75) is 70.2 Å². The average molecular weight is 496 g/mol. The second kappa shape index (κ2) is 8.95. The van der Waals surface area contributed by atoms with Crippen molar-refractivity contribution in [2.75, 3.05) is 10.6 Å². The quantitative estimate of drug-likeness (QED) is 0.477. The number of carbonyl (C=O) groups excluding carboxylic acids is 2. The van der Waals surface area contributed by atoms with Gasteiger partial charge in [-0.2, -0.15) is 0 Å². The summed E-state index contributed by atoms with van der Waals surface area (Å²) >= 11 is 1.17. The lowest BCUT2D eigenvalue weighted by molar-refractivity contribution is 0.00682. The predicted molar refractivity (Wildman–Crippen MR) is 135 cm³/mol. The maximum atomic E-state index is 12.8. The minimum Gasteiger partial charge on any atom is -0.444 e. The van der Waals surface area contributed by atoms with E-state index in [0.717, 1.165) is 42.4 Å². The molecule has 3 atom stereocenters. The number of pyridine rings is 2. The van der Waals surface area contributed by atoms with E-state index < -0.39 is 11.5 Å². The SMILES string of the molecule is CC(C)(C)OC(=O)N1[C@@H]2CC[C@H]1CC(Nc1nc(Nc3ncc(C(N)=O)s3)cc3ncccc13)C2. The average Bonchev–Trinajstić information content (AvgIpc) is 3.35. The van der Waals surface area contributed by atoms with Crippen LogP contribution in [0.25, 0.3) is 10.9 Å². The van der Waals surface area contributed by atoms with Crippen LogP contribution in [0.2, 0.25) is 0 Å². The highest BCUT2D eigenvalue weighted by atomic mass is 32.1. The second-order valence-electron chi connectivity index (χ2n) is 10.0. The highest BCUT2D eigenvalue weighted by molar-refractivity contribution is 7.17. The Morgan fingerprint density at radius 1 is 1.20 bits per heavy atom. The number of thiazole rings is 1. The Kier molecular flexibility index (Phi) is 5.96. The molecule has 11 heteroatoms. The van der Waals surface area contributed by atoms with Crippen LogP contribution in [-0.2, 0) is 4.74 Å². The molecule has 2 saturated heterocycles. The summed E-state index contributed by atoms with van der Waals surface area (Å²) in [5.41, 5.74) is 5.62. The van der Waals surface area contributed by atoms with Gasteiger partial charge in [-0.05, 0) is 58.6 Å². The zero-order valence-corrected chi connectivity index (χ0v) is 20.8. The summed E-state index contributed by atoms with van der Waals surface area (Å²) < 4.78 is 5.66. The summed E-state index contributed by atoms with van der Waals surface area (Å²) in [4.78, 5) is 40.0. The molecule has 0 aromatic carbocycles. The largest absolute Gasteiger partial charge is 0.444 e. The summed E-state index contributed by atoms with van der Waals surface area (Å²) in [6.45, 7) is 5.69. The van der Waals surface area contributed by atoms with E-state index in [1.165, 1.54) is 17.5 Å². The lowest BCUT2D eigenvalue weighted by atomic mass is 9.97. The van der Waals surface area contributed by atoms with E-state index in [4.69, 9.17) is 15.5 Å². The highest BCUT2D eigenvalue weighted by Crippen LogP contribution is 2.38. The fourth-order valence-electron chi connectivity index (χ4n) is 4.91. The van der Waals surface area contributed by atoms with Crippen LogP contribution >= 0.6 is 11.3 Å². The normalized spacial score (nSPS) is 21.7. The molecule has 5 rings (SSSR count). The molecule has 2 bridgehead atoms. The van der Waals surface area contributed by atoms with Crippen LogP contribution in [0.5, 0.6) is 0 Å².